The van der Waals surface area contributed by atoms with Crippen LogP contribution in [-0.2, 0) is 21.7 Å². The number of hydrogen-bond acceptors (Lipinski definition) is 1. The van der Waals surface area contributed by atoms with E-state index >= 15 is 0 Å². The number of hydrogen-bond donors (Lipinski definition) is 0. The maximum absolute atomic E-state index is 2.33. The summed E-state index contributed by atoms with van der Waals surface area (Å²) < 4.78 is 0. The summed E-state index contributed by atoms with van der Waals surface area (Å²) in [4.78, 5) is 2.33. The van der Waals surface area contributed by atoms with Crippen LogP contribution in [0.1, 0.15) is 34.6 Å². The topological polar surface area (TPSA) is 3.24 Å². The molecule has 0 rings (SSSR count). The fourth-order valence-corrected chi connectivity index (χ4v) is 1.19. The standard InChI is InChI=1S/C8H18N.2ClH.Ti/c1-6-9(7(2)3)8(4)5;;;/h6-8H,1-5H3;2*1H;/q-1;;;. The van der Waals surface area contributed by atoms with Gasteiger partial charge in [0.05, 0.1) is 0 Å². The zero-order valence-corrected chi connectivity index (χ0v) is 11.7. The van der Waals surface area contributed by atoms with E-state index in [0.29, 0.717) is 12.1 Å². The molecular formula is C8H20Cl2NTi-. The van der Waals surface area contributed by atoms with Gasteiger partial charge in [0.15, 0.2) is 0 Å². The fourth-order valence-electron chi connectivity index (χ4n) is 1.19. The van der Waals surface area contributed by atoms with E-state index in [1.807, 2.05) is 0 Å². The third-order valence-electron chi connectivity index (χ3n) is 1.49. The Kier molecular flexibility index (Phi) is 23.7. The first-order chi connectivity index (χ1) is 4.09. The van der Waals surface area contributed by atoms with Gasteiger partial charge in [-0.25, -0.2) is 0 Å². The summed E-state index contributed by atoms with van der Waals surface area (Å²) in [5.74, 6) is 0. The summed E-state index contributed by atoms with van der Waals surface area (Å²) in [7, 11) is 0. The zero-order chi connectivity index (χ0) is 7.44. The molecule has 12 heavy (non-hydrogen) atoms. The first-order valence-electron chi connectivity index (χ1n) is 3.66. The van der Waals surface area contributed by atoms with Gasteiger partial charge in [-0.15, -0.1) is 24.8 Å². The van der Waals surface area contributed by atoms with Crippen LogP contribution in [0.4, 0.5) is 0 Å². The van der Waals surface area contributed by atoms with Crippen molar-refractivity contribution in [2.24, 2.45) is 0 Å². The van der Waals surface area contributed by atoms with E-state index in [0.717, 1.165) is 0 Å². The summed E-state index contributed by atoms with van der Waals surface area (Å²) in [6, 6.07) is 1.27. The summed E-state index contributed by atoms with van der Waals surface area (Å²) >= 11 is 0. The van der Waals surface area contributed by atoms with Gasteiger partial charge in [-0.2, -0.15) is 6.92 Å². The summed E-state index contributed by atoms with van der Waals surface area (Å²) in [6.07, 6.45) is 0. The normalized spacial score (nSPS) is 9.00. The van der Waals surface area contributed by atoms with Gasteiger partial charge < -0.3 is 4.90 Å². The van der Waals surface area contributed by atoms with E-state index in [2.05, 4.69) is 46.1 Å². The van der Waals surface area contributed by atoms with Crippen LogP contribution in [0.5, 0.6) is 0 Å². The minimum Gasteiger partial charge on any atom is -0.452 e. The van der Waals surface area contributed by atoms with Crippen molar-refractivity contribution >= 4 is 24.8 Å². The molecule has 0 aromatic heterocycles. The molecule has 76 valence electrons. The second-order valence-corrected chi connectivity index (χ2v) is 2.89. The second kappa shape index (κ2) is 12.3. The molecule has 0 aromatic carbocycles. The van der Waals surface area contributed by atoms with Crippen LogP contribution >= 0.6 is 24.8 Å². The van der Waals surface area contributed by atoms with Crippen molar-refractivity contribution in [3.05, 3.63) is 6.54 Å². The molecule has 1 nitrogen and oxygen atoms in total. The van der Waals surface area contributed by atoms with Gasteiger partial charge in [0.2, 0.25) is 0 Å². The van der Waals surface area contributed by atoms with E-state index in [4.69, 9.17) is 0 Å². The molecule has 0 aromatic rings. The van der Waals surface area contributed by atoms with E-state index in [9.17, 15) is 0 Å². The Hall–Kier alpha value is 1.25. The van der Waals surface area contributed by atoms with Crippen LogP contribution < -0.4 is 0 Å². The Balaban J connectivity index is -0.000000107. The van der Waals surface area contributed by atoms with Crippen LogP contribution in [0.3, 0.4) is 0 Å². The third kappa shape index (κ3) is 9.34. The molecular weight excluding hydrogens is 229 g/mol. The van der Waals surface area contributed by atoms with E-state index in [-0.39, 0.29) is 46.5 Å². The Morgan fingerprint density at radius 2 is 1.17 bits per heavy atom. The molecule has 0 radical (unpaired) electrons. The Morgan fingerprint density at radius 1 is 0.917 bits per heavy atom. The average molecular weight is 249 g/mol. The molecule has 0 N–H and O–H groups in total. The van der Waals surface area contributed by atoms with E-state index in [1.165, 1.54) is 0 Å². The van der Waals surface area contributed by atoms with Crippen molar-refractivity contribution in [1.82, 2.24) is 4.90 Å². The maximum atomic E-state index is 2.33. The largest absolute Gasteiger partial charge is 0.452 e. The van der Waals surface area contributed by atoms with Crippen LogP contribution in [0.2, 0.25) is 0 Å². The first kappa shape index (κ1) is 23.2. The SMILES string of the molecule is C[CH-]N(C(C)C)C(C)C.Cl.Cl.[Ti]. The van der Waals surface area contributed by atoms with Gasteiger partial charge >= 0.3 is 0 Å². The van der Waals surface area contributed by atoms with E-state index < -0.39 is 0 Å². The molecule has 0 aliphatic heterocycles. The van der Waals surface area contributed by atoms with Gasteiger partial charge in [0.25, 0.3) is 0 Å². The molecule has 0 aliphatic carbocycles. The van der Waals surface area contributed by atoms with Crippen molar-refractivity contribution in [2.45, 2.75) is 46.7 Å². The fraction of sp³-hybridized carbons (Fsp3) is 0.875. The number of nitrogens with zero attached hydrogens (tertiary/aromatic N) is 1. The minimum absolute atomic E-state index is 0. The monoisotopic (exact) mass is 248 g/mol. The van der Waals surface area contributed by atoms with Gasteiger partial charge in [-0.1, -0.05) is 27.7 Å². The molecule has 0 unspecified atom stereocenters. The molecule has 0 spiro atoms. The van der Waals surface area contributed by atoms with Crippen LogP contribution in [0.15, 0.2) is 0 Å². The quantitative estimate of drug-likeness (QED) is 0.548. The van der Waals surface area contributed by atoms with Crippen molar-refractivity contribution in [2.75, 3.05) is 0 Å². The molecule has 0 fully saturated rings. The predicted octanol–water partition coefficient (Wildman–Crippen LogP) is 3.13. The molecule has 0 saturated carbocycles. The van der Waals surface area contributed by atoms with Crippen molar-refractivity contribution in [1.29, 1.82) is 0 Å². The smallest absolute Gasteiger partial charge is 0 e. The van der Waals surface area contributed by atoms with Gasteiger partial charge in [0, 0.05) is 21.7 Å². The first-order valence-corrected chi connectivity index (χ1v) is 3.66. The second-order valence-electron chi connectivity index (χ2n) is 2.89. The van der Waals surface area contributed by atoms with Crippen LogP contribution in [0.25, 0.3) is 0 Å². The van der Waals surface area contributed by atoms with Crippen molar-refractivity contribution < 1.29 is 21.7 Å². The Bertz CT molecular complexity index is 71.5. The summed E-state index contributed by atoms with van der Waals surface area (Å²) in [6.45, 7) is 13.1. The van der Waals surface area contributed by atoms with Gasteiger partial charge in [0.1, 0.15) is 0 Å². The zero-order valence-electron chi connectivity index (χ0n) is 8.50. The van der Waals surface area contributed by atoms with Crippen LogP contribution in [-0.4, -0.2) is 17.0 Å². The molecule has 4 heteroatoms. The Labute approximate surface area is 104 Å². The summed E-state index contributed by atoms with van der Waals surface area (Å²) in [5, 5.41) is 0. The van der Waals surface area contributed by atoms with Crippen molar-refractivity contribution in [3.8, 4) is 0 Å². The third-order valence-corrected chi connectivity index (χ3v) is 1.49. The predicted molar refractivity (Wildman–Crippen MR) is 56.6 cm³/mol. The van der Waals surface area contributed by atoms with Gasteiger partial charge in [-0.05, 0) is 12.1 Å². The van der Waals surface area contributed by atoms with Crippen LogP contribution in [0, 0.1) is 6.54 Å². The molecule has 0 saturated heterocycles. The minimum atomic E-state index is 0. The molecule has 0 atom stereocenters. The van der Waals surface area contributed by atoms with E-state index in [1.54, 1.807) is 0 Å². The molecule has 0 bridgehead atoms. The van der Waals surface area contributed by atoms with Crippen molar-refractivity contribution in [3.63, 3.8) is 0 Å². The molecule has 0 heterocycles. The molecule has 0 aliphatic rings. The molecule has 0 amide bonds. The number of halogens is 2. The Morgan fingerprint density at radius 3 is 1.17 bits per heavy atom. The number of rotatable bonds is 3. The summed E-state index contributed by atoms with van der Waals surface area (Å²) in [5.41, 5.74) is 0. The van der Waals surface area contributed by atoms with Gasteiger partial charge in [-0.3, -0.25) is 6.54 Å². The maximum Gasteiger partial charge on any atom is 0 e. The average Bonchev–Trinajstić information content (AvgIpc) is 1.64.